The van der Waals surface area contributed by atoms with Crippen molar-refractivity contribution in [1.29, 1.82) is 0 Å². The molecule has 2 rings (SSSR count). The molecule has 0 saturated carbocycles. The molecule has 0 spiro atoms. The van der Waals surface area contributed by atoms with Gasteiger partial charge in [-0.15, -0.1) is 0 Å². The average molecular weight is 374 g/mol. The molecule has 1 aromatic carbocycles. The lowest BCUT2D eigenvalue weighted by molar-refractivity contribution is -0.385. The Morgan fingerprint density at radius 3 is 2.81 bits per heavy atom. The largest absolute Gasteiger partial charge is 0.351 e. The predicted molar refractivity (Wildman–Crippen MR) is 86.9 cm³/mol. The van der Waals surface area contributed by atoms with Crippen LogP contribution in [0.5, 0.6) is 0 Å². The summed E-state index contributed by atoms with van der Waals surface area (Å²) in [6.07, 6.45) is 0. The van der Waals surface area contributed by atoms with Gasteiger partial charge in [-0.05, 0) is 28.1 Å². The summed E-state index contributed by atoms with van der Waals surface area (Å²) in [4.78, 5) is 24.7. The second-order valence-corrected chi connectivity index (χ2v) is 6.71. The van der Waals surface area contributed by atoms with Crippen molar-refractivity contribution in [2.24, 2.45) is 0 Å². The van der Waals surface area contributed by atoms with E-state index in [1.54, 1.807) is 6.07 Å². The van der Waals surface area contributed by atoms with E-state index >= 15 is 0 Å². The lowest BCUT2D eigenvalue weighted by Gasteiger charge is -2.25. The number of thioether (sulfide) groups is 1. The van der Waals surface area contributed by atoms with Crippen molar-refractivity contribution < 1.29 is 9.72 Å². The van der Waals surface area contributed by atoms with Crippen LogP contribution in [0.1, 0.15) is 10.4 Å². The molecule has 1 aromatic rings. The first kappa shape index (κ1) is 16.3. The lowest BCUT2D eigenvalue weighted by Crippen LogP contribution is -2.39. The fourth-order valence-corrected chi connectivity index (χ4v) is 3.42. The molecule has 1 heterocycles. The monoisotopic (exact) mass is 373 g/mol. The number of nitro groups is 1. The molecule has 6 nitrogen and oxygen atoms in total. The van der Waals surface area contributed by atoms with Crippen LogP contribution in [0.2, 0.25) is 0 Å². The zero-order valence-corrected chi connectivity index (χ0v) is 13.8. The fourth-order valence-electron chi connectivity index (χ4n) is 2.05. The molecule has 0 bridgehead atoms. The van der Waals surface area contributed by atoms with Crippen LogP contribution in [0.3, 0.4) is 0 Å². The number of hydrogen-bond acceptors (Lipinski definition) is 5. The Labute approximate surface area is 135 Å². The number of rotatable bonds is 5. The number of nitro benzene ring substituents is 1. The van der Waals surface area contributed by atoms with Crippen molar-refractivity contribution in [2.45, 2.75) is 0 Å². The molecule has 1 fully saturated rings. The number of amides is 1. The van der Waals surface area contributed by atoms with Crippen LogP contribution in [0.4, 0.5) is 5.69 Å². The third-order valence-electron chi connectivity index (χ3n) is 3.22. The first-order valence-corrected chi connectivity index (χ1v) is 8.55. The quantitative estimate of drug-likeness (QED) is 0.631. The summed E-state index contributed by atoms with van der Waals surface area (Å²) in [5.41, 5.74) is 0.204. The molecule has 0 atom stereocenters. The molecule has 1 N–H and O–H groups in total. The maximum absolute atomic E-state index is 12.0. The average Bonchev–Trinajstić information content (AvgIpc) is 2.48. The number of benzene rings is 1. The van der Waals surface area contributed by atoms with E-state index in [0.29, 0.717) is 16.6 Å². The van der Waals surface area contributed by atoms with Crippen molar-refractivity contribution in [3.8, 4) is 0 Å². The highest BCUT2D eigenvalue weighted by molar-refractivity contribution is 9.10. The third kappa shape index (κ3) is 4.69. The second-order valence-electron chi connectivity index (χ2n) is 4.63. The number of halogens is 1. The molecule has 0 unspecified atom stereocenters. The van der Waals surface area contributed by atoms with Crippen LogP contribution in [-0.4, -0.2) is 53.4 Å². The molecular weight excluding hydrogens is 358 g/mol. The molecule has 0 aliphatic carbocycles. The highest BCUT2D eigenvalue weighted by Crippen LogP contribution is 2.25. The van der Waals surface area contributed by atoms with Gasteiger partial charge in [0, 0.05) is 49.3 Å². The third-order valence-corrected chi connectivity index (χ3v) is 4.84. The van der Waals surface area contributed by atoms with Crippen molar-refractivity contribution in [2.75, 3.05) is 37.7 Å². The Balaban J connectivity index is 1.88. The van der Waals surface area contributed by atoms with Gasteiger partial charge in [0.05, 0.1) is 9.40 Å². The molecule has 1 aliphatic rings. The fraction of sp³-hybridized carbons (Fsp3) is 0.462. The van der Waals surface area contributed by atoms with Gasteiger partial charge in [-0.25, -0.2) is 0 Å². The van der Waals surface area contributed by atoms with Gasteiger partial charge < -0.3 is 5.32 Å². The van der Waals surface area contributed by atoms with Crippen LogP contribution < -0.4 is 5.32 Å². The summed E-state index contributed by atoms with van der Waals surface area (Å²) >= 11 is 5.05. The summed E-state index contributed by atoms with van der Waals surface area (Å²) in [5, 5.41) is 13.7. The van der Waals surface area contributed by atoms with Crippen LogP contribution in [0.25, 0.3) is 0 Å². The van der Waals surface area contributed by atoms with E-state index in [9.17, 15) is 14.9 Å². The molecule has 8 heteroatoms. The normalized spacial score (nSPS) is 15.7. The van der Waals surface area contributed by atoms with Gasteiger partial charge in [-0.2, -0.15) is 11.8 Å². The molecular formula is C13H16BrN3O3S. The number of hydrogen-bond donors (Lipinski definition) is 1. The minimum atomic E-state index is -0.508. The van der Waals surface area contributed by atoms with E-state index in [-0.39, 0.29) is 11.6 Å². The lowest BCUT2D eigenvalue weighted by atomic mass is 10.2. The van der Waals surface area contributed by atoms with E-state index in [2.05, 4.69) is 26.1 Å². The Bertz CT molecular complexity index is 535. The van der Waals surface area contributed by atoms with E-state index in [4.69, 9.17) is 0 Å². The summed E-state index contributed by atoms with van der Waals surface area (Å²) in [6.45, 7) is 3.45. The smallest absolute Gasteiger partial charge is 0.284 e. The van der Waals surface area contributed by atoms with E-state index in [0.717, 1.165) is 31.1 Å². The van der Waals surface area contributed by atoms with Crippen molar-refractivity contribution in [3.05, 3.63) is 38.3 Å². The Hall–Kier alpha value is -1.12. The number of nitrogens with zero attached hydrogens (tertiary/aromatic N) is 2. The summed E-state index contributed by atoms with van der Waals surface area (Å²) in [7, 11) is 0. The second kappa shape index (κ2) is 7.77. The van der Waals surface area contributed by atoms with Crippen molar-refractivity contribution >= 4 is 39.3 Å². The van der Waals surface area contributed by atoms with Gasteiger partial charge in [-0.1, -0.05) is 0 Å². The maximum atomic E-state index is 12.0. The standard InChI is InChI=1S/C13H16BrN3O3S/c14-11-2-1-10(9-12(11)17(19)20)13(18)15-3-4-16-5-7-21-8-6-16/h1-2,9H,3-8H2,(H,15,18). The number of carbonyl (C=O) groups is 1. The van der Waals surface area contributed by atoms with Gasteiger partial charge in [0.2, 0.25) is 0 Å². The molecule has 1 amide bonds. The van der Waals surface area contributed by atoms with Crippen molar-refractivity contribution in [3.63, 3.8) is 0 Å². The van der Waals surface area contributed by atoms with Crippen molar-refractivity contribution in [1.82, 2.24) is 10.2 Å². The van der Waals surface area contributed by atoms with Gasteiger partial charge in [-0.3, -0.25) is 19.8 Å². The van der Waals surface area contributed by atoms with Gasteiger partial charge in [0.25, 0.3) is 11.6 Å². The van der Waals surface area contributed by atoms with Crippen LogP contribution in [0.15, 0.2) is 22.7 Å². The summed E-state index contributed by atoms with van der Waals surface area (Å²) in [5.74, 6) is 1.98. The highest BCUT2D eigenvalue weighted by Gasteiger charge is 2.16. The molecule has 1 aliphatic heterocycles. The Morgan fingerprint density at radius 1 is 1.43 bits per heavy atom. The minimum absolute atomic E-state index is 0.101. The highest BCUT2D eigenvalue weighted by atomic mass is 79.9. The Kier molecular flexibility index (Phi) is 6.01. The molecule has 21 heavy (non-hydrogen) atoms. The summed E-state index contributed by atoms with van der Waals surface area (Å²) < 4.78 is 0.370. The molecule has 0 aromatic heterocycles. The SMILES string of the molecule is O=C(NCCN1CCSCC1)c1ccc(Br)c([N+](=O)[O-])c1. The molecule has 0 radical (unpaired) electrons. The maximum Gasteiger partial charge on any atom is 0.284 e. The zero-order chi connectivity index (χ0) is 15.2. The molecule has 114 valence electrons. The van der Waals surface area contributed by atoms with E-state index in [1.807, 2.05) is 11.8 Å². The number of nitrogens with one attached hydrogen (secondary N) is 1. The topological polar surface area (TPSA) is 75.5 Å². The van der Waals surface area contributed by atoms with Gasteiger partial charge in [0.15, 0.2) is 0 Å². The first-order valence-electron chi connectivity index (χ1n) is 6.60. The van der Waals surface area contributed by atoms with Gasteiger partial charge in [0.1, 0.15) is 0 Å². The minimum Gasteiger partial charge on any atom is -0.351 e. The van der Waals surface area contributed by atoms with Gasteiger partial charge >= 0.3 is 0 Å². The van der Waals surface area contributed by atoms with E-state index in [1.165, 1.54) is 12.1 Å². The zero-order valence-electron chi connectivity index (χ0n) is 11.4. The van der Waals surface area contributed by atoms with Crippen LogP contribution >= 0.6 is 27.7 Å². The van der Waals surface area contributed by atoms with E-state index < -0.39 is 4.92 Å². The predicted octanol–water partition coefficient (Wildman–Crippen LogP) is 2.14. The Morgan fingerprint density at radius 2 is 2.14 bits per heavy atom. The number of carbonyl (C=O) groups excluding carboxylic acids is 1. The summed E-state index contributed by atoms with van der Waals surface area (Å²) in [6, 6.07) is 4.38. The molecule has 1 saturated heterocycles. The van der Waals surface area contributed by atoms with Crippen LogP contribution in [-0.2, 0) is 0 Å². The van der Waals surface area contributed by atoms with Crippen LogP contribution in [0, 0.1) is 10.1 Å². The first-order chi connectivity index (χ1) is 10.1.